The van der Waals surface area contributed by atoms with Crippen LogP contribution in [0.4, 0.5) is 0 Å². The molecule has 0 radical (unpaired) electrons. The summed E-state index contributed by atoms with van der Waals surface area (Å²) in [5.74, 6) is 0.446. The minimum absolute atomic E-state index is 0.0694. The molecule has 33 heavy (non-hydrogen) atoms. The molecule has 3 aromatic carbocycles. The van der Waals surface area contributed by atoms with Crippen LogP contribution in [-0.4, -0.2) is 61.3 Å². The number of carbonyl (C=O) groups is 2. The van der Waals surface area contributed by atoms with Gasteiger partial charge in [-0.05, 0) is 28.8 Å². The van der Waals surface area contributed by atoms with Gasteiger partial charge in [0.15, 0.2) is 5.82 Å². The zero-order valence-corrected chi connectivity index (χ0v) is 17.7. The number of benzene rings is 3. The Morgan fingerprint density at radius 3 is 2.39 bits per heavy atom. The summed E-state index contributed by atoms with van der Waals surface area (Å²) in [5.41, 5.74) is 0.821. The number of nitrogens with zero attached hydrogens (tertiary/aromatic N) is 5. The number of rotatable bonds is 8. The lowest BCUT2D eigenvalue weighted by atomic mass is 10.1. The first-order valence-electron chi connectivity index (χ1n) is 10.6. The van der Waals surface area contributed by atoms with Crippen LogP contribution >= 0.6 is 0 Å². The van der Waals surface area contributed by atoms with Crippen molar-refractivity contribution in [2.75, 3.05) is 13.2 Å². The maximum Gasteiger partial charge on any atom is 0.261 e. The van der Waals surface area contributed by atoms with Gasteiger partial charge in [-0.3, -0.25) is 14.5 Å². The van der Waals surface area contributed by atoms with Gasteiger partial charge in [-0.25, -0.2) is 0 Å². The standard InChI is InChI=1S/C24H21N5O4/c30-17(15-33-21-11-5-7-16-6-1-2-8-18(16)21)14-29-26-22(25-27-29)12-13-28-23(31)19-9-3-4-10-20(19)24(28)32/h1-11,17,30H,12-15H2. The van der Waals surface area contributed by atoms with Gasteiger partial charge in [0.05, 0.1) is 17.7 Å². The third kappa shape index (κ3) is 4.18. The van der Waals surface area contributed by atoms with Crippen molar-refractivity contribution in [3.05, 3.63) is 83.7 Å². The number of aliphatic hydroxyl groups excluding tert-OH is 1. The van der Waals surface area contributed by atoms with Crippen LogP contribution < -0.4 is 4.74 Å². The van der Waals surface area contributed by atoms with E-state index >= 15 is 0 Å². The normalized spacial score (nSPS) is 14.0. The highest BCUT2D eigenvalue weighted by Crippen LogP contribution is 2.25. The van der Waals surface area contributed by atoms with Crippen LogP contribution in [0.1, 0.15) is 26.5 Å². The Hall–Kier alpha value is -4.11. The van der Waals surface area contributed by atoms with E-state index in [9.17, 15) is 14.7 Å². The Morgan fingerprint density at radius 2 is 1.61 bits per heavy atom. The van der Waals surface area contributed by atoms with Crippen LogP contribution in [-0.2, 0) is 13.0 Å². The highest BCUT2D eigenvalue weighted by atomic mass is 16.5. The first kappa shape index (κ1) is 20.8. The fourth-order valence-electron chi connectivity index (χ4n) is 3.86. The highest BCUT2D eigenvalue weighted by molar-refractivity contribution is 6.21. The van der Waals surface area contributed by atoms with Crippen LogP contribution in [0.3, 0.4) is 0 Å². The van der Waals surface area contributed by atoms with E-state index in [1.807, 2.05) is 42.5 Å². The molecule has 0 saturated carbocycles. The average molecular weight is 443 g/mol. The Labute approximate surface area is 189 Å². The van der Waals surface area contributed by atoms with E-state index in [2.05, 4.69) is 15.4 Å². The third-order valence-electron chi connectivity index (χ3n) is 5.49. The Morgan fingerprint density at radius 1 is 0.909 bits per heavy atom. The van der Waals surface area contributed by atoms with E-state index in [0.717, 1.165) is 10.8 Å². The first-order chi connectivity index (χ1) is 16.1. The molecule has 1 atom stereocenters. The smallest absolute Gasteiger partial charge is 0.261 e. The van der Waals surface area contributed by atoms with Gasteiger partial charge in [0.1, 0.15) is 18.5 Å². The number of fused-ring (bicyclic) bond motifs is 2. The lowest BCUT2D eigenvalue weighted by Gasteiger charge is -2.13. The summed E-state index contributed by atoms with van der Waals surface area (Å²) in [5, 5.41) is 24.6. The summed E-state index contributed by atoms with van der Waals surface area (Å²) in [6, 6.07) is 20.4. The quantitative estimate of drug-likeness (QED) is 0.415. The molecule has 4 aromatic rings. The molecule has 0 aliphatic carbocycles. The molecular weight excluding hydrogens is 422 g/mol. The number of aliphatic hydroxyl groups is 1. The van der Waals surface area contributed by atoms with Crippen molar-refractivity contribution in [3.63, 3.8) is 0 Å². The summed E-state index contributed by atoms with van der Waals surface area (Å²) < 4.78 is 5.81. The summed E-state index contributed by atoms with van der Waals surface area (Å²) in [6.45, 7) is 0.329. The zero-order chi connectivity index (χ0) is 22.8. The molecule has 1 unspecified atom stereocenters. The predicted molar refractivity (Wildman–Crippen MR) is 119 cm³/mol. The number of amides is 2. The van der Waals surface area contributed by atoms with Crippen molar-refractivity contribution in [2.24, 2.45) is 0 Å². The maximum atomic E-state index is 12.4. The van der Waals surface area contributed by atoms with E-state index in [4.69, 9.17) is 4.74 Å². The van der Waals surface area contributed by atoms with E-state index < -0.39 is 6.10 Å². The second kappa shape index (κ2) is 8.79. The Kier molecular flexibility index (Phi) is 5.54. The van der Waals surface area contributed by atoms with Crippen molar-refractivity contribution < 1.29 is 19.4 Å². The third-order valence-corrected chi connectivity index (χ3v) is 5.49. The first-order valence-corrected chi connectivity index (χ1v) is 10.6. The molecule has 9 heteroatoms. The lowest BCUT2D eigenvalue weighted by Crippen LogP contribution is -2.32. The highest BCUT2D eigenvalue weighted by Gasteiger charge is 2.34. The fraction of sp³-hybridized carbons (Fsp3) is 0.208. The summed E-state index contributed by atoms with van der Waals surface area (Å²) in [4.78, 5) is 27.4. The van der Waals surface area contributed by atoms with Crippen molar-refractivity contribution in [2.45, 2.75) is 19.1 Å². The second-order valence-electron chi connectivity index (χ2n) is 7.76. The molecule has 0 spiro atoms. The van der Waals surface area contributed by atoms with Gasteiger partial charge in [-0.1, -0.05) is 48.5 Å². The number of ether oxygens (including phenoxy) is 1. The number of hydrogen-bond acceptors (Lipinski definition) is 7. The molecule has 0 fully saturated rings. The molecule has 2 heterocycles. The Balaban J connectivity index is 1.15. The number of hydrogen-bond donors (Lipinski definition) is 1. The van der Waals surface area contributed by atoms with Gasteiger partial charge >= 0.3 is 0 Å². The number of aromatic nitrogens is 4. The largest absolute Gasteiger partial charge is 0.490 e. The molecule has 1 aliphatic heterocycles. The number of carbonyl (C=O) groups excluding carboxylic acids is 2. The fourth-order valence-corrected chi connectivity index (χ4v) is 3.86. The lowest BCUT2D eigenvalue weighted by molar-refractivity contribution is 0.0655. The topological polar surface area (TPSA) is 110 Å². The van der Waals surface area contributed by atoms with Crippen LogP contribution in [0.2, 0.25) is 0 Å². The number of tetrazole rings is 1. The van der Waals surface area contributed by atoms with Crippen molar-refractivity contribution in [1.82, 2.24) is 25.1 Å². The van der Waals surface area contributed by atoms with E-state index in [-0.39, 0.29) is 37.9 Å². The molecule has 166 valence electrons. The average Bonchev–Trinajstić information content (AvgIpc) is 3.38. The van der Waals surface area contributed by atoms with Crippen LogP contribution in [0, 0.1) is 0 Å². The van der Waals surface area contributed by atoms with Gasteiger partial charge in [-0.15, -0.1) is 10.2 Å². The molecule has 0 bridgehead atoms. The van der Waals surface area contributed by atoms with Crippen molar-refractivity contribution >= 4 is 22.6 Å². The molecular formula is C24H21N5O4. The van der Waals surface area contributed by atoms with Crippen LogP contribution in [0.25, 0.3) is 10.8 Å². The van der Waals surface area contributed by atoms with Gasteiger partial charge in [-0.2, -0.15) is 4.80 Å². The summed E-state index contributed by atoms with van der Waals surface area (Å²) >= 11 is 0. The van der Waals surface area contributed by atoms with Crippen molar-refractivity contribution in [3.8, 4) is 5.75 Å². The number of imide groups is 1. The van der Waals surface area contributed by atoms with Gasteiger partial charge < -0.3 is 9.84 Å². The molecule has 2 amide bonds. The molecule has 9 nitrogen and oxygen atoms in total. The van der Waals surface area contributed by atoms with Crippen LogP contribution in [0.5, 0.6) is 5.75 Å². The SMILES string of the molecule is O=C1c2ccccc2C(=O)N1CCc1nnn(CC(O)COc2cccc3ccccc23)n1. The molecule has 1 aromatic heterocycles. The zero-order valence-electron chi connectivity index (χ0n) is 17.7. The minimum atomic E-state index is -0.845. The molecule has 1 N–H and O–H groups in total. The van der Waals surface area contributed by atoms with Gasteiger partial charge in [0, 0.05) is 18.4 Å². The van der Waals surface area contributed by atoms with Crippen LogP contribution in [0.15, 0.2) is 66.7 Å². The van der Waals surface area contributed by atoms with E-state index in [1.54, 1.807) is 24.3 Å². The van der Waals surface area contributed by atoms with E-state index in [0.29, 0.717) is 22.7 Å². The van der Waals surface area contributed by atoms with Gasteiger partial charge in [0.25, 0.3) is 11.8 Å². The predicted octanol–water partition coefficient (Wildman–Crippen LogP) is 2.10. The monoisotopic (exact) mass is 443 g/mol. The molecule has 1 aliphatic rings. The second-order valence-corrected chi connectivity index (χ2v) is 7.76. The van der Waals surface area contributed by atoms with Gasteiger partial charge in [0.2, 0.25) is 0 Å². The minimum Gasteiger partial charge on any atom is -0.490 e. The van der Waals surface area contributed by atoms with Crippen molar-refractivity contribution in [1.29, 1.82) is 0 Å². The summed E-state index contributed by atoms with van der Waals surface area (Å²) in [7, 11) is 0. The van der Waals surface area contributed by atoms with E-state index in [1.165, 1.54) is 9.70 Å². The Bertz CT molecular complexity index is 1290. The molecule has 0 saturated heterocycles. The molecule has 5 rings (SSSR count). The summed E-state index contributed by atoms with van der Waals surface area (Å²) in [6.07, 6.45) is -0.573. The maximum absolute atomic E-state index is 12.4.